The van der Waals surface area contributed by atoms with Crippen LogP contribution >= 0.6 is 23.5 Å². The number of benzene rings is 4. The van der Waals surface area contributed by atoms with E-state index in [4.69, 9.17) is 0 Å². The Kier molecular flexibility index (Phi) is 6.05. The van der Waals surface area contributed by atoms with Gasteiger partial charge < -0.3 is 10.2 Å². The van der Waals surface area contributed by atoms with Crippen molar-refractivity contribution >= 4 is 46.3 Å². The van der Waals surface area contributed by atoms with Crippen molar-refractivity contribution in [3.63, 3.8) is 0 Å². The van der Waals surface area contributed by atoms with E-state index in [1.807, 2.05) is 23.5 Å². The molecular formula is C32H32N2S2. The van der Waals surface area contributed by atoms with Crippen molar-refractivity contribution in [2.45, 2.75) is 67.0 Å². The van der Waals surface area contributed by atoms with Gasteiger partial charge in [0.25, 0.3) is 0 Å². The van der Waals surface area contributed by atoms with Gasteiger partial charge >= 0.3 is 0 Å². The highest BCUT2D eigenvalue weighted by atomic mass is 32.2. The fourth-order valence-corrected chi connectivity index (χ4v) is 7.96. The van der Waals surface area contributed by atoms with Gasteiger partial charge in [0.05, 0.1) is 22.7 Å². The van der Waals surface area contributed by atoms with Gasteiger partial charge in [0.2, 0.25) is 0 Å². The summed E-state index contributed by atoms with van der Waals surface area (Å²) in [6.45, 7) is 12.5. The zero-order valence-electron chi connectivity index (χ0n) is 21.7. The van der Waals surface area contributed by atoms with Gasteiger partial charge in [0, 0.05) is 26.1 Å². The maximum absolute atomic E-state index is 3.68. The molecule has 0 radical (unpaired) electrons. The Morgan fingerprint density at radius 3 is 2.11 bits per heavy atom. The SMILES string of the molecule is CCCCN1c2ccccc2Sc2c1cc(C)c(-c1c(C)cc3c(c1C)Sc1ccccc1N3)c2C. The third kappa shape index (κ3) is 3.74. The summed E-state index contributed by atoms with van der Waals surface area (Å²) >= 11 is 3.83. The molecule has 0 aliphatic carbocycles. The summed E-state index contributed by atoms with van der Waals surface area (Å²) in [5.41, 5.74) is 13.4. The van der Waals surface area contributed by atoms with Crippen molar-refractivity contribution in [3.05, 3.63) is 82.9 Å². The molecule has 182 valence electrons. The van der Waals surface area contributed by atoms with Crippen LogP contribution < -0.4 is 10.2 Å². The molecule has 0 amide bonds. The molecule has 2 nitrogen and oxygen atoms in total. The lowest BCUT2D eigenvalue weighted by molar-refractivity contribution is 0.776. The van der Waals surface area contributed by atoms with Crippen LogP contribution in [0.1, 0.15) is 42.0 Å². The number of aryl methyl sites for hydroxylation is 2. The summed E-state index contributed by atoms with van der Waals surface area (Å²) in [4.78, 5) is 7.94. The molecule has 2 aliphatic heterocycles. The van der Waals surface area contributed by atoms with E-state index in [0.29, 0.717) is 0 Å². The van der Waals surface area contributed by atoms with E-state index in [1.54, 1.807) is 0 Å². The molecule has 0 aromatic heterocycles. The lowest BCUT2D eigenvalue weighted by Gasteiger charge is -2.35. The van der Waals surface area contributed by atoms with E-state index in [1.165, 1.54) is 88.6 Å². The van der Waals surface area contributed by atoms with Crippen LogP contribution in [0.15, 0.2) is 80.2 Å². The number of para-hydroxylation sites is 2. The smallest absolute Gasteiger partial charge is 0.0558 e. The third-order valence-corrected chi connectivity index (χ3v) is 10.0. The first-order valence-corrected chi connectivity index (χ1v) is 14.5. The molecule has 0 saturated carbocycles. The Balaban J connectivity index is 1.51. The highest BCUT2D eigenvalue weighted by Crippen LogP contribution is 2.54. The summed E-state index contributed by atoms with van der Waals surface area (Å²) in [5, 5.41) is 3.68. The molecule has 0 spiro atoms. The first kappa shape index (κ1) is 23.6. The Morgan fingerprint density at radius 2 is 1.33 bits per heavy atom. The minimum Gasteiger partial charge on any atom is -0.354 e. The maximum atomic E-state index is 3.68. The molecule has 0 fully saturated rings. The second-order valence-electron chi connectivity index (χ2n) is 9.91. The van der Waals surface area contributed by atoms with Gasteiger partial charge in [0.1, 0.15) is 0 Å². The maximum Gasteiger partial charge on any atom is 0.0558 e. The van der Waals surface area contributed by atoms with Crippen LogP contribution in [0.2, 0.25) is 0 Å². The molecule has 4 heteroatoms. The zero-order valence-corrected chi connectivity index (χ0v) is 23.3. The van der Waals surface area contributed by atoms with Gasteiger partial charge in [-0.05, 0) is 104 Å². The summed E-state index contributed by atoms with van der Waals surface area (Å²) in [7, 11) is 0. The molecule has 0 bridgehead atoms. The van der Waals surface area contributed by atoms with Crippen molar-refractivity contribution in [2.75, 3.05) is 16.8 Å². The van der Waals surface area contributed by atoms with Gasteiger partial charge in [-0.25, -0.2) is 0 Å². The molecule has 0 unspecified atom stereocenters. The van der Waals surface area contributed by atoms with Crippen molar-refractivity contribution < 1.29 is 0 Å². The van der Waals surface area contributed by atoms with Crippen LogP contribution in [0.5, 0.6) is 0 Å². The van der Waals surface area contributed by atoms with Crippen molar-refractivity contribution in [1.82, 2.24) is 0 Å². The number of nitrogens with one attached hydrogen (secondary N) is 1. The monoisotopic (exact) mass is 508 g/mol. The molecule has 0 atom stereocenters. The van der Waals surface area contributed by atoms with Crippen molar-refractivity contribution in [1.29, 1.82) is 0 Å². The largest absolute Gasteiger partial charge is 0.354 e. The summed E-state index contributed by atoms with van der Waals surface area (Å²) in [6.07, 6.45) is 2.38. The lowest BCUT2D eigenvalue weighted by Crippen LogP contribution is -2.22. The Morgan fingerprint density at radius 1 is 0.694 bits per heavy atom. The average molecular weight is 509 g/mol. The second-order valence-corrected chi connectivity index (χ2v) is 12.0. The lowest BCUT2D eigenvalue weighted by atomic mass is 9.88. The Labute approximate surface area is 223 Å². The first-order valence-electron chi connectivity index (χ1n) is 12.8. The van der Waals surface area contributed by atoms with E-state index < -0.39 is 0 Å². The van der Waals surface area contributed by atoms with Crippen LogP contribution in [-0.2, 0) is 0 Å². The third-order valence-electron chi connectivity index (χ3n) is 7.42. The number of unbranched alkanes of at least 4 members (excludes halogenated alkanes) is 1. The first-order chi connectivity index (χ1) is 17.5. The van der Waals surface area contributed by atoms with Gasteiger partial charge in [-0.15, -0.1) is 0 Å². The summed E-state index contributed by atoms with van der Waals surface area (Å²) < 4.78 is 0. The van der Waals surface area contributed by atoms with Crippen LogP contribution in [0, 0.1) is 27.7 Å². The number of anilines is 4. The van der Waals surface area contributed by atoms with Gasteiger partial charge in [0.15, 0.2) is 0 Å². The number of rotatable bonds is 4. The number of fused-ring (bicyclic) bond motifs is 4. The van der Waals surface area contributed by atoms with E-state index in [2.05, 4.69) is 105 Å². The van der Waals surface area contributed by atoms with Gasteiger partial charge in [-0.1, -0.05) is 61.1 Å². The highest BCUT2D eigenvalue weighted by Gasteiger charge is 2.29. The molecule has 2 heterocycles. The molecular weight excluding hydrogens is 477 g/mol. The predicted molar refractivity (Wildman–Crippen MR) is 157 cm³/mol. The number of hydrogen-bond acceptors (Lipinski definition) is 4. The van der Waals surface area contributed by atoms with Crippen LogP contribution in [0.25, 0.3) is 11.1 Å². The fraction of sp³-hybridized carbons (Fsp3) is 0.250. The minimum atomic E-state index is 1.05. The zero-order chi connectivity index (χ0) is 25.0. The van der Waals surface area contributed by atoms with Crippen LogP contribution in [0.4, 0.5) is 22.7 Å². The van der Waals surface area contributed by atoms with Crippen molar-refractivity contribution in [2.24, 2.45) is 0 Å². The molecule has 36 heavy (non-hydrogen) atoms. The molecule has 2 aliphatic rings. The van der Waals surface area contributed by atoms with E-state index >= 15 is 0 Å². The van der Waals surface area contributed by atoms with Crippen LogP contribution in [0.3, 0.4) is 0 Å². The highest BCUT2D eigenvalue weighted by molar-refractivity contribution is 8.00. The van der Waals surface area contributed by atoms with E-state index in [-0.39, 0.29) is 0 Å². The molecule has 6 rings (SSSR count). The van der Waals surface area contributed by atoms with E-state index in [9.17, 15) is 0 Å². The van der Waals surface area contributed by atoms with Crippen molar-refractivity contribution in [3.8, 4) is 11.1 Å². The topological polar surface area (TPSA) is 15.3 Å². The van der Waals surface area contributed by atoms with E-state index in [0.717, 1.165) is 6.54 Å². The number of nitrogens with zero attached hydrogens (tertiary/aromatic N) is 1. The minimum absolute atomic E-state index is 1.05. The normalized spacial score (nSPS) is 13.4. The van der Waals surface area contributed by atoms with Gasteiger partial charge in [-0.2, -0.15) is 0 Å². The standard InChI is InChI=1S/C32H32N2S2/c1-6-7-16-34-25-13-9-11-15-28(25)36-32-22(5)30(20(3)18-26(32)34)29-19(2)17-24-31(21(29)4)35-27-14-10-8-12-23(27)33-24/h8-15,17-18,33H,6-7,16H2,1-5H3. The molecule has 4 aromatic carbocycles. The van der Waals surface area contributed by atoms with Crippen LogP contribution in [-0.4, -0.2) is 6.54 Å². The Hall–Kier alpha value is -2.82. The molecule has 1 N–H and O–H groups in total. The fourth-order valence-electron chi connectivity index (χ4n) is 5.71. The quantitative estimate of drug-likeness (QED) is 0.260. The van der Waals surface area contributed by atoms with Gasteiger partial charge in [-0.3, -0.25) is 0 Å². The summed E-state index contributed by atoms with van der Waals surface area (Å²) in [6, 6.07) is 22.3. The predicted octanol–water partition coefficient (Wildman–Crippen LogP) is 10.2. The Bertz CT molecular complexity index is 1510. The average Bonchev–Trinajstić information content (AvgIpc) is 2.88. The number of hydrogen-bond donors (Lipinski definition) is 1. The summed E-state index contributed by atoms with van der Waals surface area (Å²) in [5.74, 6) is 0. The second kappa shape index (κ2) is 9.24. The molecule has 0 saturated heterocycles. The molecule has 4 aromatic rings.